The summed E-state index contributed by atoms with van der Waals surface area (Å²) in [6.45, 7) is 4.90. The lowest BCUT2D eigenvalue weighted by Gasteiger charge is -2.30. The zero-order chi connectivity index (χ0) is 11.3. The van der Waals surface area contributed by atoms with E-state index in [-0.39, 0.29) is 17.6 Å². The van der Waals surface area contributed by atoms with Crippen molar-refractivity contribution < 1.29 is 9.53 Å². The number of carbonyl (C=O) groups is 1. The fraction of sp³-hybridized carbons (Fsp3) is 0.909. The van der Waals surface area contributed by atoms with E-state index in [2.05, 4.69) is 35.1 Å². The Hall–Kier alpha value is -0.0900. The topological polar surface area (TPSA) is 38.3 Å². The number of rotatable bonds is 5. The van der Waals surface area contributed by atoms with Crippen LogP contribution in [0.1, 0.15) is 39.5 Å². The van der Waals surface area contributed by atoms with Crippen molar-refractivity contribution in [1.29, 1.82) is 0 Å². The first-order chi connectivity index (χ1) is 7.11. The average Bonchev–Trinajstić information content (AvgIpc) is 2.71. The normalized spacial score (nSPS) is 24.9. The Bertz CT molecular complexity index is 217. The first-order valence-electron chi connectivity index (χ1n) is 5.61. The second kappa shape index (κ2) is 5.85. The molecule has 0 aromatic rings. The van der Waals surface area contributed by atoms with Crippen molar-refractivity contribution in [3.63, 3.8) is 0 Å². The van der Waals surface area contributed by atoms with Gasteiger partial charge in [0.2, 0.25) is 5.91 Å². The van der Waals surface area contributed by atoms with Crippen molar-refractivity contribution in [3.05, 3.63) is 0 Å². The van der Waals surface area contributed by atoms with Crippen molar-refractivity contribution >= 4 is 21.8 Å². The van der Waals surface area contributed by atoms with Crippen molar-refractivity contribution in [2.24, 2.45) is 0 Å². The second-order valence-corrected chi connectivity index (χ2v) is 5.14. The number of alkyl halides is 1. The van der Waals surface area contributed by atoms with Crippen LogP contribution in [0.2, 0.25) is 0 Å². The van der Waals surface area contributed by atoms with Gasteiger partial charge in [0.05, 0.1) is 0 Å². The smallest absolute Gasteiger partial charge is 0.249 e. The lowest BCUT2D eigenvalue weighted by Crippen LogP contribution is -2.49. The molecular weight excluding hydrogens is 258 g/mol. The molecule has 1 N–H and O–H groups in total. The van der Waals surface area contributed by atoms with Crippen LogP contribution in [0.4, 0.5) is 0 Å². The molecule has 88 valence electrons. The molecular formula is C11H20BrNO2. The van der Waals surface area contributed by atoms with E-state index in [1.807, 2.05) is 0 Å². The highest BCUT2D eigenvalue weighted by molar-refractivity contribution is 9.09. The third-order valence-corrected chi connectivity index (χ3v) is 3.47. The summed E-state index contributed by atoms with van der Waals surface area (Å²) >= 11 is 3.42. The maximum absolute atomic E-state index is 11.8. The van der Waals surface area contributed by atoms with Crippen LogP contribution in [-0.4, -0.2) is 29.5 Å². The van der Waals surface area contributed by atoms with Crippen molar-refractivity contribution in [2.75, 3.05) is 11.9 Å². The van der Waals surface area contributed by atoms with Gasteiger partial charge >= 0.3 is 0 Å². The molecule has 2 atom stereocenters. The third kappa shape index (κ3) is 3.76. The summed E-state index contributed by atoms with van der Waals surface area (Å²) in [4.78, 5) is 11.8. The Labute approximate surface area is 100 Å². The summed E-state index contributed by atoms with van der Waals surface area (Å²) < 4.78 is 5.36. The van der Waals surface area contributed by atoms with E-state index in [1.165, 1.54) is 0 Å². The van der Waals surface area contributed by atoms with Gasteiger partial charge in [0.15, 0.2) is 0 Å². The highest BCUT2D eigenvalue weighted by atomic mass is 79.9. The maximum Gasteiger partial charge on any atom is 0.249 e. The van der Waals surface area contributed by atoms with Crippen molar-refractivity contribution in [1.82, 2.24) is 5.32 Å². The molecule has 1 saturated heterocycles. The molecule has 0 aliphatic carbocycles. The van der Waals surface area contributed by atoms with Gasteiger partial charge in [0, 0.05) is 17.5 Å². The van der Waals surface area contributed by atoms with Gasteiger partial charge in [0.1, 0.15) is 6.10 Å². The predicted octanol–water partition coefficient (Wildman–Crippen LogP) is 2.24. The molecule has 1 amide bonds. The highest BCUT2D eigenvalue weighted by Gasteiger charge is 2.29. The number of ether oxygens (including phenoxy) is 1. The fourth-order valence-corrected chi connectivity index (χ4v) is 2.57. The summed E-state index contributed by atoms with van der Waals surface area (Å²) in [5.74, 6) is 0.0535. The SMILES string of the molecule is CCC(C)(CCBr)NC(=O)C1CCCO1. The monoisotopic (exact) mass is 277 g/mol. The van der Waals surface area contributed by atoms with Gasteiger partial charge in [-0.05, 0) is 32.6 Å². The molecule has 2 unspecified atom stereocenters. The van der Waals surface area contributed by atoms with Crippen LogP contribution >= 0.6 is 15.9 Å². The number of halogens is 1. The molecule has 1 aliphatic rings. The number of amides is 1. The van der Waals surface area contributed by atoms with Crippen LogP contribution in [0, 0.1) is 0 Å². The zero-order valence-corrected chi connectivity index (χ0v) is 11.1. The minimum atomic E-state index is -0.216. The summed E-state index contributed by atoms with van der Waals surface area (Å²) in [6, 6.07) is 0. The molecule has 1 rings (SSSR count). The number of hydrogen-bond donors (Lipinski definition) is 1. The highest BCUT2D eigenvalue weighted by Crippen LogP contribution is 2.18. The predicted molar refractivity (Wildman–Crippen MR) is 64.2 cm³/mol. The zero-order valence-electron chi connectivity index (χ0n) is 9.51. The van der Waals surface area contributed by atoms with Crippen LogP contribution in [0.3, 0.4) is 0 Å². The number of carbonyl (C=O) groups excluding carboxylic acids is 1. The first kappa shape index (κ1) is 13.0. The van der Waals surface area contributed by atoms with Crippen LogP contribution < -0.4 is 5.32 Å². The number of nitrogens with one attached hydrogen (secondary N) is 1. The molecule has 0 bridgehead atoms. The van der Waals surface area contributed by atoms with Gasteiger partial charge in [-0.1, -0.05) is 22.9 Å². The summed E-state index contributed by atoms with van der Waals surface area (Å²) in [5, 5.41) is 4.00. The molecule has 4 heteroatoms. The molecule has 0 saturated carbocycles. The van der Waals surface area contributed by atoms with Gasteiger partial charge < -0.3 is 10.1 Å². The van der Waals surface area contributed by atoms with Gasteiger partial charge in [-0.3, -0.25) is 4.79 Å². The number of hydrogen-bond acceptors (Lipinski definition) is 2. The molecule has 0 radical (unpaired) electrons. The van der Waals surface area contributed by atoms with E-state index >= 15 is 0 Å². The van der Waals surface area contributed by atoms with E-state index in [4.69, 9.17) is 4.74 Å². The lowest BCUT2D eigenvalue weighted by atomic mass is 9.95. The maximum atomic E-state index is 11.8. The standard InChI is InChI=1S/C11H20BrNO2/c1-3-11(2,6-7-12)13-10(14)9-5-4-8-15-9/h9H,3-8H2,1-2H3,(H,13,14). The second-order valence-electron chi connectivity index (χ2n) is 4.34. The molecule has 1 heterocycles. The molecule has 3 nitrogen and oxygen atoms in total. The van der Waals surface area contributed by atoms with E-state index in [1.54, 1.807) is 0 Å². The first-order valence-corrected chi connectivity index (χ1v) is 6.73. The summed E-state index contributed by atoms with van der Waals surface area (Å²) in [5.41, 5.74) is -0.105. The Kier molecular flexibility index (Phi) is 5.06. The van der Waals surface area contributed by atoms with Crippen LogP contribution in [0.25, 0.3) is 0 Å². The summed E-state index contributed by atoms with van der Waals surface area (Å²) in [6.07, 6.45) is 3.53. The van der Waals surface area contributed by atoms with Gasteiger partial charge in [0.25, 0.3) is 0 Å². The Morgan fingerprint density at radius 2 is 2.40 bits per heavy atom. The fourth-order valence-electron chi connectivity index (χ4n) is 1.70. The Morgan fingerprint density at radius 1 is 1.67 bits per heavy atom. The molecule has 0 spiro atoms. The van der Waals surface area contributed by atoms with Crippen LogP contribution in [-0.2, 0) is 9.53 Å². The summed E-state index contributed by atoms with van der Waals surface area (Å²) in [7, 11) is 0. The van der Waals surface area contributed by atoms with E-state index < -0.39 is 0 Å². The molecule has 0 aromatic heterocycles. The van der Waals surface area contributed by atoms with Crippen LogP contribution in [0.5, 0.6) is 0 Å². The molecule has 1 aliphatic heterocycles. The average molecular weight is 278 g/mol. The third-order valence-electron chi connectivity index (χ3n) is 3.07. The van der Waals surface area contributed by atoms with E-state index in [9.17, 15) is 4.79 Å². The van der Waals surface area contributed by atoms with Crippen molar-refractivity contribution in [3.8, 4) is 0 Å². The van der Waals surface area contributed by atoms with Crippen molar-refractivity contribution in [2.45, 2.75) is 51.2 Å². The van der Waals surface area contributed by atoms with Crippen LogP contribution in [0.15, 0.2) is 0 Å². The minimum Gasteiger partial charge on any atom is -0.368 e. The quantitative estimate of drug-likeness (QED) is 0.783. The largest absolute Gasteiger partial charge is 0.368 e. The Balaban J connectivity index is 2.46. The van der Waals surface area contributed by atoms with E-state index in [0.29, 0.717) is 0 Å². The molecule has 1 fully saturated rings. The van der Waals surface area contributed by atoms with Gasteiger partial charge in [-0.2, -0.15) is 0 Å². The van der Waals surface area contributed by atoms with Gasteiger partial charge in [-0.15, -0.1) is 0 Å². The van der Waals surface area contributed by atoms with E-state index in [0.717, 1.165) is 37.6 Å². The minimum absolute atomic E-state index is 0.0535. The van der Waals surface area contributed by atoms with Gasteiger partial charge in [-0.25, -0.2) is 0 Å². The molecule has 15 heavy (non-hydrogen) atoms. The molecule has 0 aromatic carbocycles. The Morgan fingerprint density at radius 3 is 2.87 bits per heavy atom. The lowest BCUT2D eigenvalue weighted by molar-refractivity contribution is -0.132.